The van der Waals surface area contributed by atoms with Crippen molar-refractivity contribution in [1.82, 2.24) is 24.9 Å². The van der Waals surface area contributed by atoms with Crippen molar-refractivity contribution in [2.24, 2.45) is 0 Å². The molecule has 10 heteroatoms. The third kappa shape index (κ3) is 3.22. The van der Waals surface area contributed by atoms with Crippen LogP contribution in [0.3, 0.4) is 0 Å². The van der Waals surface area contributed by atoms with E-state index in [0.717, 1.165) is 11.3 Å². The van der Waals surface area contributed by atoms with E-state index in [0.29, 0.717) is 12.2 Å². The Kier molecular flexibility index (Phi) is 3.72. The maximum Gasteiger partial charge on any atom is 0.251 e. The molecule has 2 heterocycles. The van der Waals surface area contributed by atoms with Gasteiger partial charge in [-0.25, -0.2) is 23.1 Å². The lowest BCUT2D eigenvalue weighted by molar-refractivity contribution is 0.583. The number of hydrogen-bond acceptors (Lipinski definition) is 6. The molecule has 0 atom stereocenters. The Morgan fingerprint density at radius 3 is 2.88 bits per heavy atom. The van der Waals surface area contributed by atoms with Crippen LogP contribution in [-0.2, 0) is 16.4 Å². The highest BCUT2D eigenvalue weighted by Gasteiger charge is 2.16. The fraction of sp³-hybridized carbons (Fsp3) is 0.286. The summed E-state index contributed by atoms with van der Waals surface area (Å²) in [4.78, 5) is 7.56. The maximum absolute atomic E-state index is 11.7. The largest absolute Gasteiger partial charge is 0.263 e. The van der Waals surface area contributed by atoms with Crippen molar-refractivity contribution in [3.05, 3.63) is 22.8 Å². The van der Waals surface area contributed by atoms with E-state index in [-0.39, 0.29) is 15.2 Å². The summed E-state index contributed by atoms with van der Waals surface area (Å²) in [6, 6.07) is 0. The molecule has 2 aromatic rings. The van der Waals surface area contributed by atoms with Crippen molar-refractivity contribution < 1.29 is 8.42 Å². The number of aromatic amines is 1. The summed E-state index contributed by atoms with van der Waals surface area (Å²) < 4.78 is 26.2. The van der Waals surface area contributed by atoms with Crippen molar-refractivity contribution in [3.8, 4) is 0 Å². The van der Waals surface area contributed by atoms with E-state index in [9.17, 15) is 8.42 Å². The first-order valence-corrected chi connectivity index (χ1v) is 7.21. The minimum atomic E-state index is -3.53. The molecule has 0 saturated heterocycles. The van der Waals surface area contributed by atoms with E-state index in [1.807, 2.05) is 0 Å². The second-order valence-corrected chi connectivity index (χ2v) is 6.62. The molecule has 0 saturated carbocycles. The minimum Gasteiger partial charge on any atom is -0.263 e. The number of nitrogens with one attached hydrogen (secondary N) is 2. The van der Waals surface area contributed by atoms with Crippen LogP contribution in [0.25, 0.3) is 0 Å². The van der Waals surface area contributed by atoms with Crippen LogP contribution in [0.2, 0.25) is 4.47 Å². The van der Waals surface area contributed by atoms with Crippen LogP contribution >= 0.6 is 22.9 Å². The highest BCUT2D eigenvalue weighted by atomic mass is 35.5. The van der Waals surface area contributed by atoms with Gasteiger partial charge < -0.3 is 0 Å². The van der Waals surface area contributed by atoms with Gasteiger partial charge in [0.25, 0.3) is 10.0 Å². The maximum atomic E-state index is 11.7. The third-order valence-electron chi connectivity index (χ3n) is 1.84. The molecule has 0 amide bonds. The molecule has 17 heavy (non-hydrogen) atoms. The molecule has 0 aliphatic carbocycles. The molecule has 0 aliphatic rings. The van der Waals surface area contributed by atoms with Gasteiger partial charge in [-0.15, -0.1) is 0 Å². The molecule has 0 bridgehead atoms. The minimum absolute atomic E-state index is 0.0973. The van der Waals surface area contributed by atoms with Crippen LogP contribution in [0.1, 0.15) is 5.82 Å². The highest BCUT2D eigenvalue weighted by Crippen LogP contribution is 2.21. The van der Waals surface area contributed by atoms with Gasteiger partial charge in [0.05, 0.1) is 6.20 Å². The molecule has 0 fully saturated rings. The second kappa shape index (κ2) is 5.08. The Balaban J connectivity index is 1.94. The first kappa shape index (κ1) is 12.4. The summed E-state index contributed by atoms with van der Waals surface area (Å²) >= 11 is 6.48. The Morgan fingerprint density at radius 2 is 2.29 bits per heavy atom. The average molecular weight is 294 g/mol. The Hall–Kier alpha value is -1.03. The van der Waals surface area contributed by atoms with Crippen molar-refractivity contribution >= 4 is 33.0 Å². The predicted octanol–water partition coefficient (Wildman–Crippen LogP) is 0.436. The van der Waals surface area contributed by atoms with Crippen molar-refractivity contribution in [2.45, 2.75) is 10.6 Å². The van der Waals surface area contributed by atoms with Crippen LogP contribution in [0, 0.1) is 0 Å². The second-order valence-electron chi connectivity index (χ2n) is 3.01. The van der Waals surface area contributed by atoms with E-state index in [1.165, 1.54) is 12.5 Å². The average Bonchev–Trinajstić information content (AvgIpc) is 2.89. The van der Waals surface area contributed by atoms with Crippen LogP contribution in [0.5, 0.6) is 0 Å². The van der Waals surface area contributed by atoms with Crippen LogP contribution in [-0.4, -0.2) is 35.1 Å². The standard InChI is InChI=1S/C7H8ClN5O2S2/c8-7-9-3-6(16-7)17(14,15)12-2-1-5-10-4-11-13-5/h3-4,12H,1-2H2,(H,10,11,13). The summed E-state index contributed by atoms with van der Waals surface area (Å²) in [6.07, 6.45) is 3.03. The quantitative estimate of drug-likeness (QED) is 0.833. The van der Waals surface area contributed by atoms with Gasteiger partial charge in [0.1, 0.15) is 12.2 Å². The summed E-state index contributed by atoms with van der Waals surface area (Å²) in [5.74, 6) is 0.620. The summed E-state index contributed by atoms with van der Waals surface area (Å²) in [5.41, 5.74) is 0. The van der Waals surface area contributed by atoms with Gasteiger partial charge in [0.2, 0.25) is 0 Å². The number of rotatable bonds is 5. The zero-order valence-corrected chi connectivity index (χ0v) is 10.8. The normalized spacial score (nSPS) is 11.8. The van der Waals surface area contributed by atoms with Crippen LogP contribution < -0.4 is 4.72 Å². The number of hydrogen-bond donors (Lipinski definition) is 2. The van der Waals surface area contributed by atoms with Gasteiger partial charge in [0, 0.05) is 13.0 Å². The lowest BCUT2D eigenvalue weighted by Gasteiger charge is -2.02. The van der Waals surface area contributed by atoms with Gasteiger partial charge in [-0.3, -0.25) is 5.10 Å². The molecule has 2 aromatic heterocycles. The first-order chi connectivity index (χ1) is 8.08. The number of sulfonamides is 1. The summed E-state index contributed by atoms with van der Waals surface area (Å²) in [7, 11) is -3.53. The zero-order chi connectivity index (χ0) is 12.3. The molecule has 0 radical (unpaired) electrons. The molecular weight excluding hydrogens is 286 g/mol. The zero-order valence-electron chi connectivity index (χ0n) is 8.42. The molecule has 92 valence electrons. The molecule has 2 N–H and O–H groups in total. The van der Waals surface area contributed by atoms with Crippen molar-refractivity contribution in [2.75, 3.05) is 6.54 Å². The highest BCUT2D eigenvalue weighted by molar-refractivity contribution is 7.91. The van der Waals surface area contributed by atoms with Gasteiger partial charge in [-0.2, -0.15) is 5.10 Å². The van der Waals surface area contributed by atoms with Gasteiger partial charge in [0.15, 0.2) is 8.68 Å². The van der Waals surface area contributed by atoms with E-state index < -0.39 is 10.0 Å². The SMILES string of the molecule is O=S(=O)(NCCc1ncn[nH]1)c1cnc(Cl)s1. The first-order valence-electron chi connectivity index (χ1n) is 4.53. The number of halogens is 1. The van der Waals surface area contributed by atoms with E-state index >= 15 is 0 Å². The lowest BCUT2D eigenvalue weighted by Crippen LogP contribution is -2.25. The fourth-order valence-corrected chi connectivity index (χ4v) is 3.46. The summed E-state index contributed by atoms with van der Waals surface area (Å²) in [6.45, 7) is 0.229. The summed E-state index contributed by atoms with van der Waals surface area (Å²) in [5, 5.41) is 6.30. The van der Waals surface area contributed by atoms with Gasteiger partial charge in [-0.1, -0.05) is 22.9 Å². The van der Waals surface area contributed by atoms with Crippen molar-refractivity contribution in [1.29, 1.82) is 0 Å². The topological polar surface area (TPSA) is 101 Å². The number of thiazole rings is 1. The third-order valence-corrected chi connectivity index (χ3v) is 4.88. The predicted molar refractivity (Wildman–Crippen MR) is 62.4 cm³/mol. The molecule has 0 aliphatic heterocycles. The molecular formula is C7H8ClN5O2S2. The number of nitrogens with zero attached hydrogens (tertiary/aromatic N) is 3. The Morgan fingerprint density at radius 1 is 1.47 bits per heavy atom. The van der Waals surface area contributed by atoms with Crippen molar-refractivity contribution in [3.63, 3.8) is 0 Å². The molecule has 0 spiro atoms. The molecule has 0 aromatic carbocycles. The van der Waals surface area contributed by atoms with Gasteiger partial charge in [-0.05, 0) is 0 Å². The molecule has 0 unspecified atom stereocenters. The molecule has 7 nitrogen and oxygen atoms in total. The van der Waals surface area contributed by atoms with Gasteiger partial charge >= 0.3 is 0 Å². The number of aromatic nitrogens is 4. The Bertz CT molecular complexity index is 579. The molecule has 2 rings (SSSR count). The van der Waals surface area contributed by atoms with E-state index in [4.69, 9.17) is 11.6 Å². The van der Waals surface area contributed by atoms with E-state index in [1.54, 1.807) is 0 Å². The monoisotopic (exact) mass is 293 g/mol. The fourth-order valence-electron chi connectivity index (χ4n) is 1.09. The number of H-pyrrole nitrogens is 1. The smallest absolute Gasteiger partial charge is 0.251 e. The Labute approximate surface area is 106 Å². The van der Waals surface area contributed by atoms with E-state index in [2.05, 4.69) is 24.9 Å². The lowest BCUT2D eigenvalue weighted by atomic mass is 10.4. The van der Waals surface area contributed by atoms with Crippen LogP contribution in [0.4, 0.5) is 0 Å². The van der Waals surface area contributed by atoms with Crippen LogP contribution in [0.15, 0.2) is 16.7 Å².